The van der Waals surface area contributed by atoms with Gasteiger partial charge in [-0.1, -0.05) is 28.9 Å². The van der Waals surface area contributed by atoms with Crippen LogP contribution >= 0.6 is 11.6 Å². The molecular formula is C23H24ClN5O4. The molecule has 1 fully saturated rings. The number of carbonyl (C=O) groups excluding carboxylic acids is 1. The molecule has 1 aromatic heterocycles. The summed E-state index contributed by atoms with van der Waals surface area (Å²) in [6.07, 6.45) is 1.54. The van der Waals surface area contributed by atoms with Gasteiger partial charge in [0.05, 0.1) is 28.9 Å². The third-order valence-electron chi connectivity index (χ3n) is 5.19. The number of aromatic nitrogens is 3. The Kier molecular flexibility index (Phi) is 6.62. The van der Waals surface area contributed by atoms with Crippen LogP contribution in [-0.2, 0) is 11.3 Å². The van der Waals surface area contributed by atoms with Gasteiger partial charge in [-0.2, -0.15) is 0 Å². The average molecular weight is 470 g/mol. The van der Waals surface area contributed by atoms with Crippen LogP contribution in [0.15, 0.2) is 48.7 Å². The second-order valence-corrected chi connectivity index (χ2v) is 8.62. The summed E-state index contributed by atoms with van der Waals surface area (Å²) in [6, 6.07) is 12.7. The number of nitrogens with one attached hydrogen (secondary N) is 1. The fourth-order valence-corrected chi connectivity index (χ4v) is 3.71. The number of benzene rings is 2. The molecule has 0 radical (unpaired) electrons. The first-order valence-corrected chi connectivity index (χ1v) is 10.9. The van der Waals surface area contributed by atoms with Gasteiger partial charge in [0.2, 0.25) is 0 Å². The molecule has 1 aliphatic heterocycles. The second-order valence-electron chi connectivity index (χ2n) is 8.21. The van der Waals surface area contributed by atoms with Gasteiger partial charge in [0, 0.05) is 25.3 Å². The van der Waals surface area contributed by atoms with E-state index >= 15 is 0 Å². The Hall–Kier alpha value is -3.43. The molecule has 2 N–H and O–H groups in total. The standard InChI is InChI=1S/C23H24ClN5O4/c1-14(2)33-21-8-5-17(9-19(21)24)25-22(30)20-13-29(27-26-20)18-6-3-15(4-7-18)10-28-11-16(12-28)23(31)32/h3-9,13-14,16H,10-12H2,1-2H3,(H,25,30)(H,31,32). The number of ether oxygens (including phenoxy) is 1. The number of carbonyl (C=O) groups is 2. The average Bonchev–Trinajstić information content (AvgIpc) is 3.23. The maximum atomic E-state index is 12.6. The minimum absolute atomic E-state index is 0.00736. The lowest BCUT2D eigenvalue weighted by Gasteiger charge is -2.36. The smallest absolute Gasteiger partial charge is 0.309 e. The molecule has 1 aliphatic rings. The first kappa shape index (κ1) is 22.8. The van der Waals surface area contributed by atoms with E-state index in [0.29, 0.717) is 36.1 Å². The largest absolute Gasteiger partial charge is 0.489 e. The number of hydrogen-bond acceptors (Lipinski definition) is 6. The van der Waals surface area contributed by atoms with Crippen molar-refractivity contribution in [2.75, 3.05) is 18.4 Å². The van der Waals surface area contributed by atoms with E-state index in [-0.39, 0.29) is 17.7 Å². The molecule has 2 aromatic carbocycles. The summed E-state index contributed by atoms with van der Waals surface area (Å²) < 4.78 is 7.12. The summed E-state index contributed by atoms with van der Waals surface area (Å²) in [6.45, 7) is 5.64. The van der Waals surface area contributed by atoms with Crippen molar-refractivity contribution in [2.24, 2.45) is 5.92 Å². The molecule has 0 saturated carbocycles. The number of rotatable bonds is 8. The summed E-state index contributed by atoms with van der Waals surface area (Å²) in [4.78, 5) is 25.6. The van der Waals surface area contributed by atoms with Crippen LogP contribution in [0.1, 0.15) is 29.9 Å². The summed E-state index contributed by atoms with van der Waals surface area (Å²) in [5.74, 6) is -0.869. The van der Waals surface area contributed by atoms with Gasteiger partial charge in [-0.3, -0.25) is 14.5 Å². The van der Waals surface area contributed by atoms with E-state index in [2.05, 4.69) is 20.5 Å². The zero-order valence-electron chi connectivity index (χ0n) is 18.2. The molecule has 0 unspecified atom stereocenters. The van der Waals surface area contributed by atoms with Crippen molar-refractivity contribution in [3.05, 3.63) is 64.9 Å². The summed E-state index contributed by atoms with van der Waals surface area (Å²) >= 11 is 6.23. The second kappa shape index (κ2) is 9.60. The first-order chi connectivity index (χ1) is 15.8. The van der Waals surface area contributed by atoms with Crippen molar-refractivity contribution >= 4 is 29.2 Å². The zero-order valence-corrected chi connectivity index (χ0v) is 19.0. The number of carboxylic acid groups (broad SMARTS) is 1. The first-order valence-electron chi connectivity index (χ1n) is 10.5. The molecule has 1 amide bonds. The highest BCUT2D eigenvalue weighted by Crippen LogP contribution is 2.28. The van der Waals surface area contributed by atoms with Crippen LogP contribution in [0, 0.1) is 5.92 Å². The van der Waals surface area contributed by atoms with Crippen molar-refractivity contribution in [1.29, 1.82) is 0 Å². The van der Waals surface area contributed by atoms with Gasteiger partial charge in [-0.25, -0.2) is 4.68 Å². The van der Waals surface area contributed by atoms with Gasteiger partial charge in [-0.05, 0) is 49.7 Å². The molecule has 33 heavy (non-hydrogen) atoms. The van der Waals surface area contributed by atoms with Crippen molar-refractivity contribution in [1.82, 2.24) is 19.9 Å². The molecular weight excluding hydrogens is 446 g/mol. The van der Waals surface area contributed by atoms with Gasteiger partial charge in [0.15, 0.2) is 5.69 Å². The lowest BCUT2D eigenvalue weighted by atomic mass is 9.99. The number of anilines is 1. The Morgan fingerprint density at radius 2 is 1.94 bits per heavy atom. The van der Waals surface area contributed by atoms with Crippen LogP contribution in [0.3, 0.4) is 0 Å². The molecule has 0 spiro atoms. The summed E-state index contributed by atoms with van der Waals surface area (Å²) in [7, 11) is 0. The molecule has 2 heterocycles. The lowest BCUT2D eigenvalue weighted by Crippen LogP contribution is -2.49. The van der Waals surface area contributed by atoms with E-state index in [9.17, 15) is 9.59 Å². The molecule has 9 nitrogen and oxygen atoms in total. The van der Waals surface area contributed by atoms with Crippen LogP contribution in [0.4, 0.5) is 5.69 Å². The number of amides is 1. The molecule has 0 bridgehead atoms. The maximum Gasteiger partial charge on any atom is 0.309 e. The number of aliphatic carboxylic acids is 1. The van der Waals surface area contributed by atoms with E-state index in [4.69, 9.17) is 21.4 Å². The van der Waals surface area contributed by atoms with Crippen LogP contribution in [0.2, 0.25) is 5.02 Å². The SMILES string of the molecule is CC(C)Oc1ccc(NC(=O)c2cn(-c3ccc(CN4CC(C(=O)O)C4)cc3)nn2)cc1Cl. The number of carboxylic acids is 1. The number of halogens is 1. The molecule has 172 valence electrons. The highest BCUT2D eigenvalue weighted by Gasteiger charge is 2.32. The minimum Gasteiger partial charge on any atom is -0.489 e. The van der Waals surface area contributed by atoms with E-state index in [1.54, 1.807) is 24.4 Å². The van der Waals surface area contributed by atoms with E-state index < -0.39 is 11.9 Å². The monoisotopic (exact) mass is 469 g/mol. The molecule has 0 atom stereocenters. The van der Waals surface area contributed by atoms with E-state index in [0.717, 1.165) is 11.3 Å². The third kappa shape index (κ3) is 5.50. The van der Waals surface area contributed by atoms with E-state index in [1.807, 2.05) is 38.1 Å². The molecule has 3 aromatic rings. The van der Waals surface area contributed by atoms with Crippen molar-refractivity contribution in [2.45, 2.75) is 26.5 Å². The topological polar surface area (TPSA) is 110 Å². The zero-order chi connectivity index (χ0) is 23.5. The quantitative estimate of drug-likeness (QED) is 0.519. The fraction of sp³-hybridized carbons (Fsp3) is 0.304. The Morgan fingerprint density at radius 1 is 1.21 bits per heavy atom. The fourth-order valence-electron chi connectivity index (χ4n) is 3.48. The lowest BCUT2D eigenvalue weighted by molar-refractivity contribution is -0.147. The molecule has 0 aliphatic carbocycles. The van der Waals surface area contributed by atoms with Gasteiger partial charge >= 0.3 is 5.97 Å². The summed E-state index contributed by atoms with van der Waals surface area (Å²) in [5, 5.41) is 20.1. The van der Waals surface area contributed by atoms with Gasteiger partial charge in [-0.15, -0.1) is 5.10 Å². The van der Waals surface area contributed by atoms with Crippen LogP contribution < -0.4 is 10.1 Å². The summed E-state index contributed by atoms with van der Waals surface area (Å²) in [5.41, 5.74) is 2.52. The van der Waals surface area contributed by atoms with Crippen molar-refractivity contribution < 1.29 is 19.4 Å². The normalized spacial score (nSPS) is 14.2. The molecule has 10 heteroatoms. The Bertz CT molecular complexity index is 1160. The highest BCUT2D eigenvalue weighted by atomic mass is 35.5. The van der Waals surface area contributed by atoms with Gasteiger partial charge in [0.1, 0.15) is 5.75 Å². The third-order valence-corrected chi connectivity index (χ3v) is 5.49. The molecule has 4 rings (SSSR count). The van der Waals surface area contributed by atoms with Crippen molar-refractivity contribution in [3.8, 4) is 11.4 Å². The Morgan fingerprint density at radius 3 is 2.58 bits per heavy atom. The van der Waals surface area contributed by atoms with Crippen LogP contribution in [0.5, 0.6) is 5.75 Å². The number of nitrogens with zero attached hydrogens (tertiary/aromatic N) is 4. The van der Waals surface area contributed by atoms with Gasteiger partial charge in [0.25, 0.3) is 5.91 Å². The number of likely N-dealkylation sites (tertiary alicyclic amines) is 1. The number of hydrogen-bond donors (Lipinski definition) is 2. The maximum absolute atomic E-state index is 12.6. The molecule has 1 saturated heterocycles. The van der Waals surface area contributed by atoms with Gasteiger partial charge < -0.3 is 15.2 Å². The minimum atomic E-state index is -0.743. The predicted molar refractivity (Wildman–Crippen MR) is 123 cm³/mol. The predicted octanol–water partition coefficient (Wildman–Crippen LogP) is 3.48. The van der Waals surface area contributed by atoms with E-state index in [1.165, 1.54) is 4.68 Å². The Labute approximate surface area is 195 Å². The Balaban J connectivity index is 1.36. The highest BCUT2D eigenvalue weighted by molar-refractivity contribution is 6.32. The van der Waals surface area contributed by atoms with Crippen LogP contribution in [0.25, 0.3) is 5.69 Å². The van der Waals surface area contributed by atoms with Crippen molar-refractivity contribution in [3.63, 3.8) is 0 Å². The van der Waals surface area contributed by atoms with Crippen LogP contribution in [-0.4, -0.2) is 56.1 Å².